The summed E-state index contributed by atoms with van der Waals surface area (Å²) in [5.74, 6) is 0.344. The molecular weight excluding hydrogens is 352 g/mol. The van der Waals surface area contributed by atoms with Crippen LogP contribution in [0.4, 0.5) is 0 Å². The first-order valence-corrected chi connectivity index (χ1v) is 10.6. The van der Waals surface area contributed by atoms with E-state index in [0.29, 0.717) is 24.6 Å². The Morgan fingerprint density at radius 3 is 2.81 bits per heavy atom. The van der Waals surface area contributed by atoms with Gasteiger partial charge < -0.3 is 10.6 Å². The Labute approximate surface area is 154 Å². The van der Waals surface area contributed by atoms with Crippen molar-refractivity contribution in [3.63, 3.8) is 0 Å². The monoisotopic (exact) mass is 378 g/mol. The van der Waals surface area contributed by atoms with E-state index in [9.17, 15) is 13.2 Å². The number of nitrogens with one attached hydrogen (secondary N) is 3. The number of nitrogens with zero attached hydrogens (tertiary/aromatic N) is 1. The number of aliphatic imine (C=N–C) groups is 1. The molecule has 7 nitrogen and oxygen atoms in total. The lowest BCUT2D eigenvalue weighted by molar-refractivity contribution is -0.122. The van der Waals surface area contributed by atoms with Crippen molar-refractivity contribution in [3.05, 3.63) is 29.8 Å². The topological polar surface area (TPSA) is 99.7 Å². The third kappa shape index (κ3) is 4.24. The highest BCUT2D eigenvalue weighted by atomic mass is 32.2. The molecule has 1 saturated heterocycles. The molecule has 142 valence electrons. The van der Waals surface area contributed by atoms with Crippen molar-refractivity contribution >= 4 is 21.8 Å². The molecule has 1 fully saturated rings. The van der Waals surface area contributed by atoms with E-state index in [1.807, 2.05) is 13.8 Å². The van der Waals surface area contributed by atoms with Gasteiger partial charge in [-0.3, -0.25) is 14.5 Å². The SMILES string of the molecule is CC(C)CC(N=C1NS(=O)(=O)c2ccccc21)C(=O)NCC1CCCN1. The van der Waals surface area contributed by atoms with Crippen LogP contribution in [-0.2, 0) is 14.8 Å². The Morgan fingerprint density at radius 1 is 1.35 bits per heavy atom. The molecule has 3 rings (SSSR count). The Morgan fingerprint density at radius 2 is 2.12 bits per heavy atom. The summed E-state index contributed by atoms with van der Waals surface area (Å²) in [4.78, 5) is 17.4. The molecule has 1 amide bonds. The van der Waals surface area contributed by atoms with Crippen LogP contribution in [0.25, 0.3) is 0 Å². The molecule has 0 radical (unpaired) electrons. The Kier molecular flexibility index (Phi) is 5.62. The minimum atomic E-state index is -3.60. The lowest BCUT2D eigenvalue weighted by atomic mass is 10.0. The molecule has 0 bridgehead atoms. The molecule has 2 heterocycles. The van der Waals surface area contributed by atoms with Crippen molar-refractivity contribution in [2.45, 2.75) is 50.1 Å². The first kappa shape index (κ1) is 18.8. The van der Waals surface area contributed by atoms with Gasteiger partial charge in [0.05, 0.1) is 4.90 Å². The first-order valence-electron chi connectivity index (χ1n) is 9.08. The van der Waals surface area contributed by atoms with Gasteiger partial charge in [0, 0.05) is 18.2 Å². The second-order valence-corrected chi connectivity index (χ2v) is 8.91. The van der Waals surface area contributed by atoms with Gasteiger partial charge in [-0.2, -0.15) is 0 Å². The summed E-state index contributed by atoms with van der Waals surface area (Å²) in [5, 5.41) is 6.31. The van der Waals surface area contributed by atoms with Gasteiger partial charge in [0.25, 0.3) is 10.0 Å². The molecule has 2 aliphatic rings. The molecule has 1 aromatic carbocycles. The zero-order chi connectivity index (χ0) is 18.7. The molecular formula is C18H26N4O3S. The van der Waals surface area contributed by atoms with Crippen LogP contribution in [0.3, 0.4) is 0 Å². The van der Waals surface area contributed by atoms with Gasteiger partial charge in [0.15, 0.2) is 0 Å². The zero-order valence-corrected chi connectivity index (χ0v) is 16.0. The average Bonchev–Trinajstić information content (AvgIpc) is 3.19. The highest BCUT2D eigenvalue weighted by molar-refractivity contribution is 7.90. The Balaban J connectivity index is 1.79. The molecule has 2 unspecified atom stereocenters. The van der Waals surface area contributed by atoms with Crippen LogP contribution >= 0.6 is 0 Å². The molecule has 1 aromatic rings. The van der Waals surface area contributed by atoms with Gasteiger partial charge in [0.2, 0.25) is 5.91 Å². The van der Waals surface area contributed by atoms with Gasteiger partial charge in [-0.25, -0.2) is 8.42 Å². The van der Waals surface area contributed by atoms with E-state index in [-0.39, 0.29) is 22.6 Å². The van der Waals surface area contributed by atoms with Crippen molar-refractivity contribution in [3.8, 4) is 0 Å². The smallest absolute Gasteiger partial charge is 0.263 e. The lowest BCUT2D eigenvalue weighted by Crippen LogP contribution is -2.42. The lowest BCUT2D eigenvalue weighted by Gasteiger charge is -2.18. The first-order chi connectivity index (χ1) is 12.4. The quantitative estimate of drug-likeness (QED) is 0.688. The van der Waals surface area contributed by atoms with E-state index in [1.165, 1.54) is 0 Å². The van der Waals surface area contributed by atoms with Crippen LogP contribution < -0.4 is 15.4 Å². The van der Waals surface area contributed by atoms with Gasteiger partial charge >= 0.3 is 0 Å². The van der Waals surface area contributed by atoms with Crippen LogP contribution in [0.5, 0.6) is 0 Å². The number of amides is 1. The predicted molar refractivity (Wildman–Crippen MR) is 101 cm³/mol. The number of carbonyl (C=O) groups is 1. The van der Waals surface area contributed by atoms with Gasteiger partial charge in [-0.1, -0.05) is 26.0 Å². The number of hydrogen-bond acceptors (Lipinski definition) is 5. The normalized spacial score (nSPS) is 23.7. The van der Waals surface area contributed by atoms with Crippen LogP contribution in [0.2, 0.25) is 0 Å². The number of benzene rings is 1. The second kappa shape index (κ2) is 7.75. The highest BCUT2D eigenvalue weighted by Gasteiger charge is 2.32. The molecule has 2 atom stereocenters. The maximum atomic E-state index is 12.7. The number of rotatable bonds is 6. The third-order valence-electron chi connectivity index (χ3n) is 4.63. The Hall–Kier alpha value is -1.93. The number of amidine groups is 1. The number of sulfonamides is 1. The molecule has 2 aliphatic heterocycles. The van der Waals surface area contributed by atoms with E-state index < -0.39 is 16.1 Å². The predicted octanol–water partition coefficient (Wildman–Crippen LogP) is 1.01. The van der Waals surface area contributed by atoms with Crippen molar-refractivity contribution in [2.24, 2.45) is 10.9 Å². The zero-order valence-electron chi connectivity index (χ0n) is 15.2. The summed E-state index contributed by atoms with van der Waals surface area (Å²) < 4.78 is 27.0. The fourth-order valence-corrected chi connectivity index (χ4v) is 4.56. The van der Waals surface area contributed by atoms with E-state index in [4.69, 9.17) is 0 Å². The Bertz CT molecular complexity index is 798. The van der Waals surface area contributed by atoms with Crippen molar-refractivity contribution < 1.29 is 13.2 Å². The van der Waals surface area contributed by atoms with Gasteiger partial charge in [-0.15, -0.1) is 0 Å². The molecule has 0 saturated carbocycles. The van der Waals surface area contributed by atoms with E-state index in [2.05, 4.69) is 20.3 Å². The number of hydrogen-bond donors (Lipinski definition) is 3. The van der Waals surface area contributed by atoms with E-state index in [0.717, 1.165) is 19.4 Å². The molecule has 0 aliphatic carbocycles. The maximum absolute atomic E-state index is 12.7. The molecule has 3 N–H and O–H groups in total. The van der Waals surface area contributed by atoms with Gasteiger partial charge in [-0.05, 0) is 43.9 Å². The minimum absolute atomic E-state index is 0.163. The standard InChI is InChI=1S/C18H26N4O3S/c1-12(2)10-15(18(23)20-11-13-6-5-9-19-13)21-17-14-7-3-4-8-16(14)26(24,25)22-17/h3-4,7-8,12-13,15,19H,5-6,9-11H2,1-2H3,(H,20,23)(H,21,22). The van der Waals surface area contributed by atoms with Crippen LogP contribution in [-0.4, -0.2) is 45.3 Å². The van der Waals surface area contributed by atoms with Crippen molar-refractivity contribution in [2.75, 3.05) is 13.1 Å². The van der Waals surface area contributed by atoms with E-state index in [1.54, 1.807) is 24.3 Å². The number of carbonyl (C=O) groups excluding carboxylic acids is 1. The van der Waals surface area contributed by atoms with Crippen molar-refractivity contribution in [1.29, 1.82) is 0 Å². The van der Waals surface area contributed by atoms with E-state index >= 15 is 0 Å². The van der Waals surface area contributed by atoms with Crippen molar-refractivity contribution in [1.82, 2.24) is 15.4 Å². The van der Waals surface area contributed by atoms with Crippen LogP contribution in [0.1, 0.15) is 38.7 Å². The fourth-order valence-electron chi connectivity index (χ4n) is 3.32. The third-order valence-corrected chi connectivity index (χ3v) is 6.03. The summed E-state index contributed by atoms with van der Waals surface area (Å²) in [5.41, 5.74) is 0.520. The summed E-state index contributed by atoms with van der Waals surface area (Å²) in [6, 6.07) is 6.37. The maximum Gasteiger partial charge on any atom is 0.263 e. The van der Waals surface area contributed by atoms with Crippen LogP contribution in [0, 0.1) is 5.92 Å². The highest BCUT2D eigenvalue weighted by Crippen LogP contribution is 2.23. The van der Waals surface area contributed by atoms with Crippen LogP contribution in [0.15, 0.2) is 34.2 Å². The average molecular weight is 378 g/mol. The summed E-state index contributed by atoms with van der Waals surface area (Å²) in [6.07, 6.45) is 2.73. The summed E-state index contributed by atoms with van der Waals surface area (Å²) >= 11 is 0. The second-order valence-electron chi connectivity index (χ2n) is 7.26. The molecule has 0 aromatic heterocycles. The van der Waals surface area contributed by atoms with Gasteiger partial charge in [0.1, 0.15) is 11.9 Å². The molecule has 8 heteroatoms. The minimum Gasteiger partial charge on any atom is -0.353 e. The number of fused-ring (bicyclic) bond motifs is 1. The summed E-state index contributed by atoms with van der Waals surface area (Å²) in [6.45, 7) is 5.59. The summed E-state index contributed by atoms with van der Waals surface area (Å²) in [7, 11) is -3.60. The molecule has 0 spiro atoms. The molecule has 26 heavy (non-hydrogen) atoms. The largest absolute Gasteiger partial charge is 0.353 e. The fraction of sp³-hybridized carbons (Fsp3) is 0.556.